The van der Waals surface area contributed by atoms with Gasteiger partial charge in [-0.25, -0.2) is 0 Å². The number of aliphatic hydroxyl groups is 1. The normalized spacial score (nSPS) is 26.7. The van der Waals surface area contributed by atoms with Crippen molar-refractivity contribution >= 4 is 21.9 Å². The van der Waals surface area contributed by atoms with E-state index in [2.05, 4.69) is 6.58 Å². The number of phenols is 1. The van der Waals surface area contributed by atoms with E-state index in [-0.39, 0.29) is 22.5 Å². The van der Waals surface area contributed by atoms with Gasteiger partial charge < -0.3 is 24.1 Å². The first kappa shape index (κ1) is 21.0. The SMILES string of the molecule is C=C1C(O)C2Cc3c(c(C)c4oc5ccc(C)c(O)c5c(=O)c4c3C)OC2(C)OC1(C)C. The third-order valence-corrected chi connectivity index (χ3v) is 7.39. The van der Waals surface area contributed by atoms with Crippen LogP contribution in [0.1, 0.15) is 43.0 Å². The van der Waals surface area contributed by atoms with Crippen molar-refractivity contribution in [2.75, 3.05) is 0 Å². The Morgan fingerprint density at radius 2 is 1.78 bits per heavy atom. The largest absolute Gasteiger partial charge is 0.507 e. The molecule has 2 aromatic carbocycles. The average Bonchev–Trinajstić information content (AvgIpc) is 2.71. The summed E-state index contributed by atoms with van der Waals surface area (Å²) in [7, 11) is 0. The minimum Gasteiger partial charge on any atom is -0.507 e. The topological polar surface area (TPSA) is 89.1 Å². The number of aromatic hydroxyl groups is 1. The van der Waals surface area contributed by atoms with Gasteiger partial charge in [0.2, 0.25) is 11.2 Å². The molecule has 1 fully saturated rings. The molecule has 0 spiro atoms. The van der Waals surface area contributed by atoms with Gasteiger partial charge in [0, 0.05) is 12.5 Å². The Labute approximate surface area is 186 Å². The molecule has 0 aliphatic carbocycles. The lowest BCUT2D eigenvalue weighted by molar-refractivity contribution is -0.289. The number of rotatable bonds is 0. The molecule has 0 bridgehead atoms. The van der Waals surface area contributed by atoms with Crippen LogP contribution in [0.25, 0.3) is 21.9 Å². The second-order valence-electron chi connectivity index (χ2n) is 9.81. The van der Waals surface area contributed by atoms with E-state index >= 15 is 0 Å². The van der Waals surface area contributed by atoms with Gasteiger partial charge >= 0.3 is 0 Å². The second-order valence-corrected chi connectivity index (χ2v) is 9.81. The van der Waals surface area contributed by atoms with Crippen molar-refractivity contribution in [2.45, 2.75) is 65.5 Å². The minimum atomic E-state index is -1.06. The Balaban J connectivity index is 1.82. The molecular weight excluding hydrogens is 408 g/mol. The van der Waals surface area contributed by atoms with Crippen molar-refractivity contribution in [1.82, 2.24) is 0 Å². The first-order valence-corrected chi connectivity index (χ1v) is 10.8. The molecule has 3 heterocycles. The molecule has 6 nitrogen and oxygen atoms in total. The van der Waals surface area contributed by atoms with Gasteiger partial charge in [-0.15, -0.1) is 0 Å². The van der Waals surface area contributed by atoms with Crippen LogP contribution in [-0.4, -0.2) is 27.7 Å². The molecule has 1 aromatic heterocycles. The van der Waals surface area contributed by atoms with E-state index in [1.807, 2.05) is 34.6 Å². The maximum Gasteiger partial charge on any atom is 0.214 e. The molecule has 32 heavy (non-hydrogen) atoms. The quantitative estimate of drug-likeness (QED) is 0.396. The predicted molar refractivity (Wildman–Crippen MR) is 122 cm³/mol. The van der Waals surface area contributed by atoms with Gasteiger partial charge in [0.25, 0.3) is 0 Å². The zero-order chi connectivity index (χ0) is 23.3. The van der Waals surface area contributed by atoms with Gasteiger partial charge in [-0.3, -0.25) is 4.79 Å². The summed E-state index contributed by atoms with van der Waals surface area (Å²) in [5.74, 6) is -0.891. The van der Waals surface area contributed by atoms with Crippen LogP contribution >= 0.6 is 0 Å². The molecule has 3 atom stereocenters. The lowest BCUT2D eigenvalue weighted by Gasteiger charge is -2.53. The molecule has 3 unspecified atom stereocenters. The predicted octanol–water partition coefficient (Wildman–Crippen LogP) is 4.57. The highest BCUT2D eigenvalue weighted by atomic mass is 16.7. The zero-order valence-corrected chi connectivity index (χ0v) is 19.3. The first-order valence-electron chi connectivity index (χ1n) is 10.8. The van der Waals surface area contributed by atoms with Crippen LogP contribution in [0.2, 0.25) is 0 Å². The van der Waals surface area contributed by atoms with E-state index in [1.165, 1.54) is 0 Å². The Bertz CT molecular complexity index is 1400. The molecule has 2 aliphatic rings. The molecule has 0 saturated carbocycles. The Kier molecular flexibility index (Phi) is 4.18. The summed E-state index contributed by atoms with van der Waals surface area (Å²) in [5.41, 5.74) is 3.21. The monoisotopic (exact) mass is 436 g/mol. The van der Waals surface area contributed by atoms with Crippen molar-refractivity contribution in [3.05, 3.63) is 56.8 Å². The molecule has 3 aromatic rings. The van der Waals surface area contributed by atoms with Crippen molar-refractivity contribution < 1.29 is 24.1 Å². The van der Waals surface area contributed by atoms with Crippen molar-refractivity contribution in [1.29, 1.82) is 0 Å². The minimum absolute atomic E-state index is 0.0635. The van der Waals surface area contributed by atoms with Crippen LogP contribution in [0.5, 0.6) is 11.5 Å². The van der Waals surface area contributed by atoms with Crippen LogP contribution in [0.4, 0.5) is 0 Å². The molecular formula is C26H28O6. The Morgan fingerprint density at radius 3 is 2.47 bits per heavy atom. The fraction of sp³-hybridized carbons (Fsp3) is 0.423. The molecule has 168 valence electrons. The third kappa shape index (κ3) is 2.57. The van der Waals surface area contributed by atoms with Gasteiger partial charge in [0.15, 0.2) is 0 Å². The number of hydrogen-bond acceptors (Lipinski definition) is 6. The molecule has 6 heteroatoms. The van der Waals surface area contributed by atoms with E-state index in [0.717, 1.165) is 11.1 Å². The standard InChI is InChI=1S/C26H28O6/c1-11-8-9-17-19(20(11)27)22(29)18-12(2)15-10-16-21(28)14(4)25(5,6)32-26(16,7)31-23(15)13(3)24(18)30-17/h8-9,16,21,27-28H,4,10H2,1-3,5-7H3. The zero-order valence-electron chi connectivity index (χ0n) is 19.3. The maximum atomic E-state index is 13.5. The Hall–Kier alpha value is -2.83. The maximum absolute atomic E-state index is 13.5. The van der Waals surface area contributed by atoms with Gasteiger partial charge in [0.05, 0.1) is 23.0 Å². The number of fused-ring (bicyclic) bond motifs is 4. The summed E-state index contributed by atoms with van der Waals surface area (Å²) in [6.45, 7) is 15.1. The lowest BCUT2D eigenvalue weighted by Crippen LogP contribution is -2.62. The third-order valence-electron chi connectivity index (χ3n) is 7.39. The molecule has 5 rings (SSSR count). The highest BCUT2D eigenvalue weighted by Crippen LogP contribution is 2.51. The molecule has 0 amide bonds. The molecule has 2 aliphatic heterocycles. The molecule has 2 N–H and O–H groups in total. The summed E-state index contributed by atoms with van der Waals surface area (Å²) in [4.78, 5) is 13.5. The van der Waals surface area contributed by atoms with Gasteiger partial charge in [0.1, 0.15) is 28.1 Å². The number of aryl methyl sites for hydroxylation is 3. The second kappa shape index (κ2) is 6.36. The van der Waals surface area contributed by atoms with Crippen LogP contribution in [0, 0.1) is 26.7 Å². The van der Waals surface area contributed by atoms with E-state index in [4.69, 9.17) is 13.9 Å². The highest BCUT2D eigenvalue weighted by Gasteiger charge is 2.56. The molecule has 1 saturated heterocycles. The number of aliphatic hydroxyl groups excluding tert-OH is 1. The van der Waals surface area contributed by atoms with Crippen LogP contribution < -0.4 is 10.2 Å². The van der Waals surface area contributed by atoms with E-state index in [9.17, 15) is 15.0 Å². The van der Waals surface area contributed by atoms with E-state index in [1.54, 1.807) is 19.1 Å². The smallest absolute Gasteiger partial charge is 0.214 e. The van der Waals surface area contributed by atoms with Crippen LogP contribution in [0.15, 0.2) is 33.5 Å². The number of phenolic OH excluding ortho intramolecular Hbond substituents is 1. The first-order chi connectivity index (χ1) is 14.9. The summed E-state index contributed by atoms with van der Waals surface area (Å²) < 4.78 is 18.9. The number of ether oxygens (including phenoxy) is 2. The average molecular weight is 437 g/mol. The van der Waals surface area contributed by atoms with Crippen LogP contribution in [0.3, 0.4) is 0 Å². The lowest BCUT2D eigenvalue weighted by atomic mass is 9.74. The molecule has 0 radical (unpaired) electrons. The summed E-state index contributed by atoms with van der Waals surface area (Å²) >= 11 is 0. The summed E-state index contributed by atoms with van der Waals surface area (Å²) in [6, 6.07) is 3.42. The van der Waals surface area contributed by atoms with Gasteiger partial charge in [-0.05, 0) is 69.4 Å². The summed E-state index contributed by atoms with van der Waals surface area (Å²) in [5, 5.41) is 22.2. The summed E-state index contributed by atoms with van der Waals surface area (Å²) in [6.07, 6.45) is -0.353. The number of hydrogen-bond donors (Lipinski definition) is 2. The highest BCUT2D eigenvalue weighted by molar-refractivity contribution is 5.97. The fourth-order valence-corrected chi connectivity index (χ4v) is 5.36. The van der Waals surface area contributed by atoms with E-state index in [0.29, 0.717) is 45.4 Å². The van der Waals surface area contributed by atoms with Crippen molar-refractivity contribution in [2.24, 2.45) is 5.92 Å². The van der Waals surface area contributed by atoms with Crippen LogP contribution in [-0.2, 0) is 11.2 Å². The van der Waals surface area contributed by atoms with Gasteiger partial charge in [-0.1, -0.05) is 12.6 Å². The number of benzene rings is 2. The van der Waals surface area contributed by atoms with E-state index < -0.39 is 17.5 Å². The van der Waals surface area contributed by atoms with Gasteiger partial charge in [-0.2, -0.15) is 0 Å². The van der Waals surface area contributed by atoms with Crippen molar-refractivity contribution in [3.8, 4) is 11.5 Å². The van der Waals surface area contributed by atoms with Crippen molar-refractivity contribution in [3.63, 3.8) is 0 Å². The Morgan fingerprint density at radius 1 is 1.09 bits per heavy atom. The fourth-order valence-electron chi connectivity index (χ4n) is 5.36.